The average molecular weight is 303 g/mol. The highest BCUT2D eigenvalue weighted by atomic mass is 16.1. The molecule has 0 aromatic heterocycles. The zero-order valence-corrected chi connectivity index (χ0v) is 13.9. The first-order valence-corrected chi connectivity index (χ1v) is 8.54. The van der Waals surface area contributed by atoms with E-state index in [4.69, 9.17) is 0 Å². The van der Waals surface area contributed by atoms with Gasteiger partial charge in [-0.2, -0.15) is 0 Å². The highest BCUT2D eigenvalue weighted by molar-refractivity contribution is 5.92. The zero-order chi connectivity index (χ0) is 15.8. The Morgan fingerprint density at radius 2 is 1.91 bits per heavy atom. The van der Waals surface area contributed by atoms with Crippen molar-refractivity contribution >= 4 is 17.3 Å². The van der Waals surface area contributed by atoms with E-state index < -0.39 is 0 Å². The van der Waals surface area contributed by atoms with E-state index in [-0.39, 0.29) is 5.91 Å². The number of unbranched alkanes of at least 4 members (excludes halogenated alkanes) is 1. The SMILES string of the molecule is CCCCNCC(=O)Nc1ccc(N2CCC(C)CC2)cc1. The molecule has 1 aromatic rings. The summed E-state index contributed by atoms with van der Waals surface area (Å²) in [6.07, 6.45) is 4.78. The van der Waals surface area contributed by atoms with Crippen LogP contribution >= 0.6 is 0 Å². The molecule has 122 valence electrons. The van der Waals surface area contributed by atoms with E-state index in [9.17, 15) is 4.79 Å². The predicted molar refractivity (Wildman–Crippen MR) is 93.5 cm³/mol. The maximum Gasteiger partial charge on any atom is 0.238 e. The molecule has 2 N–H and O–H groups in total. The van der Waals surface area contributed by atoms with Crippen LogP contribution in [0.2, 0.25) is 0 Å². The summed E-state index contributed by atoms with van der Waals surface area (Å²) in [5.41, 5.74) is 2.13. The van der Waals surface area contributed by atoms with Crippen molar-refractivity contribution in [3.05, 3.63) is 24.3 Å². The standard InChI is InChI=1S/C18H29N3O/c1-3-4-11-19-14-18(22)20-16-5-7-17(8-6-16)21-12-9-15(2)10-13-21/h5-8,15,19H,3-4,9-14H2,1-2H3,(H,20,22). The first-order valence-electron chi connectivity index (χ1n) is 8.54. The summed E-state index contributed by atoms with van der Waals surface area (Å²) in [5, 5.41) is 6.09. The van der Waals surface area contributed by atoms with Crippen molar-refractivity contribution in [1.82, 2.24) is 5.32 Å². The van der Waals surface area contributed by atoms with Gasteiger partial charge in [0.25, 0.3) is 0 Å². The van der Waals surface area contributed by atoms with Crippen LogP contribution in [0.4, 0.5) is 11.4 Å². The van der Waals surface area contributed by atoms with Gasteiger partial charge in [0.05, 0.1) is 6.54 Å². The minimum Gasteiger partial charge on any atom is -0.372 e. The Labute approximate surface area is 134 Å². The molecule has 0 bridgehead atoms. The lowest BCUT2D eigenvalue weighted by atomic mass is 9.99. The third kappa shape index (κ3) is 5.34. The van der Waals surface area contributed by atoms with Gasteiger partial charge in [0.2, 0.25) is 5.91 Å². The lowest BCUT2D eigenvalue weighted by Gasteiger charge is -2.32. The predicted octanol–water partition coefficient (Wildman–Crippen LogP) is 3.25. The van der Waals surface area contributed by atoms with Gasteiger partial charge in [-0.15, -0.1) is 0 Å². The van der Waals surface area contributed by atoms with E-state index in [2.05, 4.69) is 41.5 Å². The third-order valence-corrected chi connectivity index (χ3v) is 4.29. The Bertz CT molecular complexity index is 450. The second kappa shape index (κ2) is 8.79. The summed E-state index contributed by atoms with van der Waals surface area (Å²) in [6, 6.07) is 8.21. The number of nitrogens with one attached hydrogen (secondary N) is 2. The topological polar surface area (TPSA) is 44.4 Å². The molecule has 0 radical (unpaired) electrons. The van der Waals surface area contributed by atoms with Crippen molar-refractivity contribution in [1.29, 1.82) is 0 Å². The fraction of sp³-hybridized carbons (Fsp3) is 0.611. The van der Waals surface area contributed by atoms with Gasteiger partial charge in [0, 0.05) is 24.5 Å². The van der Waals surface area contributed by atoms with E-state index in [0.717, 1.165) is 44.1 Å². The van der Waals surface area contributed by atoms with E-state index in [0.29, 0.717) is 6.54 Å². The minimum atomic E-state index is 0.0238. The number of benzene rings is 1. The number of rotatable bonds is 7. The molecule has 1 aromatic carbocycles. The maximum atomic E-state index is 11.8. The number of carbonyl (C=O) groups is 1. The monoisotopic (exact) mass is 303 g/mol. The number of anilines is 2. The largest absolute Gasteiger partial charge is 0.372 e. The quantitative estimate of drug-likeness (QED) is 0.760. The molecule has 0 spiro atoms. The van der Waals surface area contributed by atoms with Crippen LogP contribution in [0.5, 0.6) is 0 Å². The number of nitrogens with zero attached hydrogens (tertiary/aromatic N) is 1. The van der Waals surface area contributed by atoms with Crippen LogP contribution in [-0.4, -0.2) is 32.1 Å². The molecule has 1 aliphatic heterocycles. The number of hydrogen-bond donors (Lipinski definition) is 2. The number of amides is 1. The number of piperidine rings is 1. The van der Waals surface area contributed by atoms with Crippen LogP contribution in [0.1, 0.15) is 39.5 Å². The molecule has 1 heterocycles. The average Bonchev–Trinajstić information content (AvgIpc) is 2.53. The molecule has 0 unspecified atom stereocenters. The summed E-state index contributed by atoms with van der Waals surface area (Å²) in [7, 11) is 0. The molecule has 1 aliphatic rings. The molecule has 1 amide bonds. The van der Waals surface area contributed by atoms with E-state index >= 15 is 0 Å². The van der Waals surface area contributed by atoms with E-state index in [1.165, 1.54) is 18.5 Å². The minimum absolute atomic E-state index is 0.0238. The fourth-order valence-corrected chi connectivity index (χ4v) is 2.73. The Kier molecular flexibility index (Phi) is 6.72. The smallest absolute Gasteiger partial charge is 0.238 e. The molecule has 1 saturated heterocycles. The van der Waals surface area contributed by atoms with Gasteiger partial charge in [-0.25, -0.2) is 0 Å². The highest BCUT2D eigenvalue weighted by Gasteiger charge is 2.15. The second-order valence-electron chi connectivity index (χ2n) is 6.29. The first kappa shape index (κ1) is 16.8. The van der Waals surface area contributed by atoms with Gasteiger partial charge in [-0.1, -0.05) is 20.3 Å². The van der Waals surface area contributed by atoms with Crippen molar-refractivity contribution in [3.63, 3.8) is 0 Å². The van der Waals surface area contributed by atoms with Crippen LogP contribution in [-0.2, 0) is 4.79 Å². The van der Waals surface area contributed by atoms with Gasteiger partial charge < -0.3 is 15.5 Å². The van der Waals surface area contributed by atoms with Gasteiger partial charge in [0.15, 0.2) is 0 Å². The molecular formula is C18H29N3O. The number of carbonyl (C=O) groups excluding carboxylic acids is 1. The molecule has 0 atom stereocenters. The van der Waals surface area contributed by atoms with Crippen LogP contribution < -0.4 is 15.5 Å². The van der Waals surface area contributed by atoms with Crippen LogP contribution in [0, 0.1) is 5.92 Å². The molecule has 4 heteroatoms. The first-order chi connectivity index (χ1) is 10.7. The third-order valence-electron chi connectivity index (χ3n) is 4.29. The maximum absolute atomic E-state index is 11.8. The Morgan fingerprint density at radius 1 is 1.23 bits per heavy atom. The molecule has 0 aliphatic carbocycles. The lowest BCUT2D eigenvalue weighted by Crippen LogP contribution is -2.32. The van der Waals surface area contributed by atoms with Crippen molar-refractivity contribution in [2.45, 2.75) is 39.5 Å². The summed E-state index contributed by atoms with van der Waals surface area (Å²) in [4.78, 5) is 14.2. The van der Waals surface area contributed by atoms with E-state index in [1.54, 1.807) is 0 Å². The molecule has 4 nitrogen and oxygen atoms in total. The van der Waals surface area contributed by atoms with E-state index in [1.807, 2.05) is 12.1 Å². The van der Waals surface area contributed by atoms with Gasteiger partial charge in [0.1, 0.15) is 0 Å². The molecule has 1 fully saturated rings. The second-order valence-corrected chi connectivity index (χ2v) is 6.29. The Morgan fingerprint density at radius 3 is 2.55 bits per heavy atom. The van der Waals surface area contributed by atoms with Crippen molar-refractivity contribution in [2.75, 3.05) is 36.4 Å². The summed E-state index contributed by atoms with van der Waals surface area (Å²) in [6.45, 7) is 8.02. The van der Waals surface area contributed by atoms with Crippen LogP contribution in [0.15, 0.2) is 24.3 Å². The summed E-state index contributed by atoms with van der Waals surface area (Å²) in [5.74, 6) is 0.866. The number of hydrogen-bond acceptors (Lipinski definition) is 3. The molecular weight excluding hydrogens is 274 g/mol. The van der Waals surface area contributed by atoms with Crippen molar-refractivity contribution in [2.24, 2.45) is 5.92 Å². The Hall–Kier alpha value is -1.55. The van der Waals surface area contributed by atoms with Crippen molar-refractivity contribution in [3.8, 4) is 0 Å². The summed E-state index contributed by atoms with van der Waals surface area (Å²) >= 11 is 0. The molecule has 2 rings (SSSR count). The fourth-order valence-electron chi connectivity index (χ4n) is 2.73. The van der Waals surface area contributed by atoms with Gasteiger partial charge in [-0.05, 0) is 56.0 Å². The van der Waals surface area contributed by atoms with Crippen LogP contribution in [0.25, 0.3) is 0 Å². The van der Waals surface area contributed by atoms with Crippen molar-refractivity contribution < 1.29 is 4.79 Å². The summed E-state index contributed by atoms with van der Waals surface area (Å²) < 4.78 is 0. The normalized spacial score (nSPS) is 15.8. The molecule has 0 saturated carbocycles. The lowest BCUT2D eigenvalue weighted by molar-refractivity contribution is -0.115. The zero-order valence-electron chi connectivity index (χ0n) is 13.9. The van der Waals surface area contributed by atoms with Crippen LogP contribution in [0.3, 0.4) is 0 Å². The van der Waals surface area contributed by atoms with Gasteiger partial charge >= 0.3 is 0 Å². The molecule has 22 heavy (non-hydrogen) atoms. The Balaban J connectivity index is 1.78. The van der Waals surface area contributed by atoms with Gasteiger partial charge in [-0.3, -0.25) is 4.79 Å². The highest BCUT2D eigenvalue weighted by Crippen LogP contribution is 2.24.